The Morgan fingerprint density at radius 2 is 1.00 bits per heavy atom. The molecule has 0 nitrogen and oxygen atoms in total. The van der Waals surface area contributed by atoms with Crippen LogP contribution in [-0.4, -0.2) is 11.0 Å². The van der Waals surface area contributed by atoms with Crippen LogP contribution in [0.25, 0.3) is 0 Å². The van der Waals surface area contributed by atoms with Crippen LogP contribution >= 0.6 is 0 Å². The molecule has 0 heterocycles. The van der Waals surface area contributed by atoms with Crippen LogP contribution in [0.3, 0.4) is 0 Å². The summed E-state index contributed by atoms with van der Waals surface area (Å²) < 4.78 is 0. The van der Waals surface area contributed by atoms with Crippen molar-refractivity contribution in [2.24, 2.45) is 0 Å². The summed E-state index contributed by atoms with van der Waals surface area (Å²) >= 11 is 0. The summed E-state index contributed by atoms with van der Waals surface area (Å²) in [5.74, 6) is 0. The van der Waals surface area contributed by atoms with Gasteiger partial charge in [0.15, 0.2) is 0 Å². The maximum Gasteiger partial charge on any atom is 0 e. The molecule has 0 aromatic rings. The molecular weight excluding hydrogens is 286 g/mol. The molecule has 0 saturated heterocycles. The van der Waals surface area contributed by atoms with Crippen molar-refractivity contribution >= 4 is 11.0 Å². The van der Waals surface area contributed by atoms with E-state index in [2.05, 4.69) is 0 Å². The first kappa shape index (κ1) is 31.9. The molecule has 4 heavy (non-hydrogen) atoms. The van der Waals surface area contributed by atoms with Gasteiger partial charge in [-0.25, -0.2) is 0 Å². The number of rotatable bonds is 0. The van der Waals surface area contributed by atoms with E-state index in [4.69, 9.17) is 0 Å². The molecule has 0 rings (SSSR count). The third-order valence-electron chi connectivity index (χ3n) is 0. The number of hydrogen-bond acceptors (Lipinski definition) is 0. The summed E-state index contributed by atoms with van der Waals surface area (Å²) in [6.07, 6.45) is 0. The van der Waals surface area contributed by atoms with Crippen molar-refractivity contribution in [3.8, 4) is 0 Å². The quantitative estimate of drug-likeness (QED) is 0.492. The van der Waals surface area contributed by atoms with Crippen molar-refractivity contribution in [3.05, 3.63) is 0 Å². The molecule has 0 aromatic carbocycles. The van der Waals surface area contributed by atoms with Crippen molar-refractivity contribution in [1.82, 2.24) is 0 Å². The van der Waals surface area contributed by atoms with Gasteiger partial charge in [0.25, 0.3) is 0 Å². The summed E-state index contributed by atoms with van der Waals surface area (Å²) in [4.78, 5) is 0. The zero-order chi connectivity index (χ0) is 0. The molecule has 0 aliphatic rings. The Morgan fingerprint density at radius 3 is 1.00 bits per heavy atom. The third-order valence-corrected chi connectivity index (χ3v) is 0. The molecule has 0 aromatic heterocycles. The van der Waals surface area contributed by atoms with E-state index in [0.717, 1.165) is 0 Å². The molecule has 0 saturated carbocycles. The molecule has 0 amide bonds. The van der Waals surface area contributed by atoms with E-state index in [-0.39, 0.29) is 80.7 Å². The van der Waals surface area contributed by atoms with Crippen molar-refractivity contribution in [3.63, 3.8) is 0 Å². The Labute approximate surface area is 79.4 Å². The van der Waals surface area contributed by atoms with Gasteiger partial charge >= 0.3 is 0 Å². The second-order valence-corrected chi connectivity index (χ2v) is 0. The summed E-state index contributed by atoms with van der Waals surface area (Å²) in [6.45, 7) is 0. The molecule has 0 N–H and O–H groups in total. The molecule has 0 aliphatic heterocycles. The van der Waals surface area contributed by atoms with Gasteiger partial charge in [0, 0.05) is 69.7 Å². The van der Waals surface area contributed by atoms with Gasteiger partial charge in [0.05, 0.1) is 0 Å². The van der Waals surface area contributed by atoms with Gasteiger partial charge < -0.3 is 0 Å². The topological polar surface area (TPSA) is 0 Å². The normalized spacial score (nSPS) is 0. The standard InChI is InChI=1S/Cu.Fe.La.H3Si/h;;;1H3. The number of hydrogen-bond donors (Lipinski definition) is 0. The maximum absolute atomic E-state index is 0. The SMILES string of the molecule is [Cu].[Fe].[La].[SiH3]. The monoisotopic (exact) mass is 289 g/mol. The summed E-state index contributed by atoms with van der Waals surface area (Å²) in [7, 11) is 0. The van der Waals surface area contributed by atoms with E-state index in [1.807, 2.05) is 0 Å². The fourth-order valence-corrected chi connectivity index (χ4v) is 0. The minimum absolute atomic E-state index is 0. The van der Waals surface area contributed by atoms with Crippen LogP contribution in [-0.2, 0) is 34.1 Å². The third kappa shape index (κ3) is 8.82. The van der Waals surface area contributed by atoms with E-state index < -0.39 is 0 Å². The van der Waals surface area contributed by atoms with Crippen molar-refractivity contribution in [2.75, 3.05) is 0 Å². The average Bonchev–Trinajstić information content (AvgIpc) is 0. The van der Waals surface area contributed by atoms with Gasteiger partial charge in [-0.1, -0.05) is 0 Å². The molecule has 0 spiro atoms. The van der Waals surface area contributed by atoms with E-state index in [9.17, 15) is 0 Å². The predicted molar refractivity (Wildman–Crippen MR) is 9.94 cm³/mol. The Kier molecular flexibility index (Phi) is 143. The largest absolute Gasteiger partial charge is 0.0125 e. The minimum atomic E-state index is 0. The smallest absolute Gasteiger partial charge is 0 e. The molecule has 29 valence electrons. The van der Waals surface area contributed by atoms with Crippen LogP contribution in [0.15, 0.2) is 0 Å². The van der Waals surface area contributed by atoms with Crippen molar-refractivity contribution in [1.29, 1.82) is 0 Å². The van der Waals surface area contributed by atoms with Crippen LogP contribution < -0.4 is 0 Å². The summed E-state index contributed by atoms with van der Waals surface area (Å²) in [5, 5.41) is 0. The van der Waals surface area contributed by atoms with Crippen LogP contribution in [0.2, 0.25) is 0 Å². The molecular formula is H3CuFeLaSi. The Bertz CT molecular complexity index is 8.00. The fourth-order valence-electron chi connectivity index (χ4n) is 0. The molecule has 0 aliphatic carbocycles. The summed E-state index contributed by atoms with van der Waals surface area (Å²) in [6, 6.07) is 0. The zero-order valence-electron chi connectivity index (χ0n) is 2.23. The molecule has 0 atom stereocenters. The first-order chi connectivity index (χ1) is 0. The van der Waals surface area contributed by atoms with E-state index in [0.29, 0.717) is 0 Å². The molecule has 0 bridgehead atoms. The molecule has 0 fully saturated rings. The van der Waals surface area contributed by atoms with Crippen LogP contribution in [0, 0.1) is 35.6 Å². The van der Waals surface area contributed by atoms with E-state index in [1.165, 1.54) is 0 Å². The second-order valence-electron chi connectivity index (χ2n) is 0. The Balaban J connectivity index is 0. The molecule has 4 heteroatoms. The Morgan fingerprint density at radius 1 is 1.00 bits per heavy atom. The van der Waals surface area contributed by atoms with Gasteiger partial charge in [0.2, 0.25) is 0 Å². The van der Waals surface area contributed by atoms with E-state index in [1.54, 1.807) is 0 Å². The van der Waals surface area contributed by atoms with Crippen LogP contribution in [0.5, 0.6) is 0 Å². The summed E-state index contributed by atoms with van der Waals surface area (Å²) in [5.41, 5.74) is 0. The maximum atomic E-state index is 0. The van der Waals surface area contributed by atoms with Gasteiger partial charge in [-0.15, -0.1) is 0 Å². The average molecular weight is 289 g/mol. The van der Waals surface area contributed by atoms with E-state index >= 15 is 0 Å². The molecule has 0 unspecified atom stereocenters. The predicted octanol–water partition coefficient (Wildman–Crippen LogP) is -1.19. The van der Waals surface area contributed by atoms with Crippen LogP contribution in [0.4, 0.5) is 0 Å². The van der Waals surface area contributed by atoms with Crippen molar-refractivity contribution < 1.29 is 69.7 Å². The van der Waals surface area contributed by atoms with Gasteiger partial charge in [-0.2, -0.15) is 0 Å². The second kappa shape index (κ2) is 18.0. The zero-order valence-corrected chi connectivity index (χ0v) is 9.90. The van der Waals surface area contributed by atoms with Gasteiger partial charge in [-0.3, -0.25) is 0 Å². The van der Waals surface area contributed by atoms with Gasteiger partial charge in [-0.05, 0) is 11.0 Å². The minimum Gasteiger partial charge on any atom is -0.0125 e. The Hall–Kier alpha value is 2.45. The van der Waals surface area contributed by atoms with Crippen molar-refractivity contribution in [2.45, 2.75) is 0 Å². The molecule has 3 radical (unpaired) electrons. The first-order valence-electron chi connectivity index (χ1n) is 0. The van der Waals surface area contributed by atoms with Crippen LogP contribution in [0.1, 0.15) is 0 Å². The van der Waals surface area contributed by atoms with Gasteiger partial charge in [0.1, 0.15) is 0 Å². The first-order valence-corrected chi connectivity index (χ1v) is 0. The fraction of sp³-hybridized carbons (Fsp3) is 0.